The Morgan fingerprint density at radius 1 is 1.60 bits per heavy atom. The van der Waals surface area contributed by atoms with Crippen LogP contribution in [0.25, 0.3) is 0 Å². The van der Waals surface area contributed by atoms with E-state index in [1.54, 1.807) is 0 Å². The van der Waals surface area contributed by atoms with Crippen molar-refractivity contribution >= 4 is 18.4 Å². The van der Waals surface area contributed by atoms with Crippen LogP contribution in [0, 0.1) is 5.92 Å². The summed E-state index contributed by atoms with van der Waals surface area (Å²) in [5.41, 5.74) is 0. The van der Waals surface area contributed by atoms with E-state index in [-0.39, 0.29) is 18.3 Å². The maximum absolute atomic E-state index is 10.2. The highest BCUT2D eigenvalue weighted by atomic mass is 35.5. The zero-order valence-corrected chi connectivity index (χ0v) is 6.65. The summed E-state index contributed by atoms with van der Waals surface area (Å²) < 4.78 is 0. The van der Waals surface area contributed by atoms with Crippen molar-refractivity contribution in [2.75, 3.05) is 7.05 Å². The van der Waals surface area contributed by atoms with Gasteiger partial charge in [-0.15, -0.1) is 12.4 Å². The van der Waals surface area contributed by atoms with Gasteiger partial charge < -0.3 is 10.4 Å². The average molecular weight is 166 g/mol. The molecule has 0 radical (unpaired) electrons. The second kappa shape index (κ2) is 3.78. The Kier molecular flexibility index (Phi) is 3.68. The molecule has 0 bridgehead atoms. The molecule has 0 aromatic heterocycles. The van der Waals surface area contributed by atoms with E-state index in [1.807, 2.05) is 7.05 Å². The van der Waals surface area contributed by atoms with Crippen molar-refractivity contribution in [1.82, 2.24) is 5.32 Å². The van der Waals surface area contributed by atoms with Gasteiger partial charge in [0.15, 0.2) is 0 Å². The lowest BCUT2D eigenvalue weighted by atomic mass is 9.80. The number of nitrogens with one attached hydrogen (secondary N) is 1. The van der Waals surface area contributed by atoms with Crippen LogP contribution in [0.1, 0.15) is 12.8 Å². The third-order valence-electron chi connectivity index (χ3n) is 1.90. The summed E-state index contributed by atoms with van der Waals surface area (Å²) in [6.45, 7) is 0. The Morgan fingerprint density at radius 3 is 2.40 bits per heavy atom. The highest BCUT2D eigenvalue weighted by Crippen LogP contribution is 2.26. The Morgan fingerprint density at radius 2 is 2.10 bits per heavy atom. The van der Waals surface area contributed by atoms with Gasteiger partial charge in [-0.2, -0.15) is 0 Å². The van der Waals surface area contributed by atoms with Crippen LogP contribution in [-0.4, -0.2) is 24.2 Å². The van der Waals surface area contributed by atoms with Crippen molar-refractivity contribution in [3.8, 4) is 0 Å². The molecule has 0 aromatic rings. The van der Waals surface area contributed by atoms with Crippen molar-refractivity contribution in [3.63, 3.8) is 0 Å². The Hall–Kier alpha value is -0.280. The minimum atomic E-state index is -0.651. The summed E-state index contributed by atoms with van der Waals surface area (Å²) in [7, 11) is 1.86. The van der Waals surface area contributed by atoms with E-state index < -0.39 is 5.97 Å². The van der Waals surface area contributed by atoms with Gasteiger partial charge in [0, 0.05) is 6.04 Å². The van der Waals surface area contributed by atoms with Crippen LogP contribution in [0.4, 0.5) is 0 Å². The van der Waals surface area contributed by atoms with Gasteiger partial charge in [-0.25, -0.2) is 0 Å². The molecular formula is C6H12ClNO2. The van der Waals surface area contributed by atoms with E-state index in [1.165, 1.54) is 0 Å². The zero-order chi connectivity index (χ0) is 6.85. The van der Waals surface area contributed by atoms with Crippen molar-refractivity contribution in [2.45, 2.75) is 18.9 Å². The predicted molar refractivity (Wildman–Crippen MR) is 40.5 cm³/mol. The van der Waals surface area contributed by atoms with Gasteiger partial charge in [-0.1, -0.05) is 0 Å². The van der Waals surface area contributed by atoms with Gasteiger partial charge in [0.05, 0.1) is 5.92 Å². The number of carbonyl (C=O) groups is 1. The van der Waals surface area contributed by atoms with Gasteiger partial charge in [0.25, 0.3) is 0 Å². The third-order valence-corrected chi connectivity index (χ3v) is 1.90. The van der Waals surface area contributed by atoms with E-state index >= 15 is 0 Å². The lowest BCUT2D eigenvalue weighted by molar-refractivity contribution is -0.145. The topological polar surface area (TPSA) is 49.3 Å². The van der Waals surface area contributed by atoms with Crippen LogP contribution >= 0.6 is 12.4 Å². The Labute approximate surface area is 66.2 Å². The first-order chi connectivity index (χ1) is 4.24. The number of carboxylic acids is 1. The van der Waals surface area contributed by atoms with Crippen molar-refractivity contribution in [1.29, 1.82) is 0 Å². The molecule has 1 aliphatic rings. The molecular weight excluding hydrogens is 154 g/mol. The van der Waals surface area contributed by atoms with Crippen molar-refractivity contribution < 1.29 is 9.90 Å². The first-order valence-electron chi connectivity index (χ1n) is 3.14. The molecule has 2 N–H and O–H groups in total. The molecule has 1 aliphatic carbocycles. The molecule has 1 saturated carbocycles. The van der Waals surface area contributed by atoms with Crippen molar-refractivity contribution in [3.05, 3.63) is 0 Å². The molecule has 0 saturated heterocycles. The first-order valence-corrected chi connectivity index (χ1v) is 3.14. The van der Waals surface area contributed by atoms with E-state index in [2.05, 4.69) is 5.32 Å². The maximum Gasteiger partial charge on any atom is 0.306 e. The average Bonchev–Trinajstić information content (AvgIpc) is 1.61. The molecule has 3 nitrogen and oxygen atoms in total. The summed E-state index contributed by atoms with van der Waals surface area (Å²) in [4.78, 5) is 10.2. The zero-order valence-electron chi connectivity index (χ0n) is 5.83. The van der Waals surface area contributed by atoms with Gasteiger partial charge in [-0.05, 0) is 19.9 Å². The fourth-order valence-electron chi connectivity index (χ4n) is 1.06. The lowest BCUT2D eigenvalue weighted by Crippen LogP contribution is -2.42. The maximum atomic E-state index is 10.2. The van der Waals surface area contributed by atoms with Gasteiger partial charge >= 0.3 is 5.97 Å². The van der Waals surface area contributed by atoms with E-state index in [9.17, 15) is 4.79 Å². The Bertz CT molecular complexity index is 123. The number of hydrogen-bond acceptors (Lipinski definition) is 2. The van der Waals surface area contributed by atoms with E-state index in [4.69, 9.17) is 5.11 Å². The SMILES string of the molecule is CNC1CC(C(=O)O)C1.Cl. The molecule has 4 heteroatoms. The molecule has 0 amide bonds. The van der Waals surface area contributed by atoms with Crippen LogP contribution in [-0.2, 0) is 4.79 Å². The molecule has 10 heavy (non-hydrogen) atoms. The number of halogens is 1. The summed E-state index contributed by atoms with van der Waals surface area (Å²) in [6.07, 6.45) is 1.59. The highest BCUT2D eigenvalue weighted by molar-refractivity contribution is 5.85. The monoisotopic (exact) mass is 165 g/mol. The fourth-order valence-corrected chi connectivity index (χ4v) is 1.06. The molecule has 0 aromatic carbocycles. The minimum Gasteiger partial charge on any atom is -0.481 e. The van der Waals surface area contributed by atoms with Crippen LogP contribution in [0.15, 0.2) is 0 Å². The Balaban J connectivity index is 0.000000810. The molecule has 1 rings (SSSR count). The predicted octanol–water partition coefficient (Wildman–Crippen LogP) is 0.491. The number of aliphatic carboxylic acids is 1. The summed E-state index contributed by atoms with van der Waals surface area (Å²) in [5.74, 6) is -0.732. The standard InChI is InChI=1S/C6H11NO2.ClH/c1-7-5-2-4(3-5)6(8)9;/h4-5,7H,2-3H2,1H3,(H,8,9);1H. The smallest absolute Gasteiger partial charge is 0.306 e. The molecule has 60 valence electrons. The highest BCUT2D eigenvalue weighted by Gasteiger charge is 2.32. The molecule has 0 spiro atoms. The van der Waals surface area contributed by atoms with Crippen LogP contribution < -0.4 is 5.32 Å². The quantitative estimate of drug-likeness (QED) is 0.626. The van der Waals surface area contributed by atoms with Crippen molar-refractivity contribution in [2.24, 2.45) is 5.92 Å². The number of rotatable bonds is 2. The first kappa shape index (κ1) is 9.72. The van der Waals surface area contributed by atoms with Crippen LogP contribution in [0.5, 0.6) is 0 Å². The van der Waals surface area contributed by atoms with Crippen LogP contribution in [0.2, 0.25) is 0 Å². The normalized spacial score (nSPS) is 30.1. The molecule has 0 aliphatic heterocycles. The third kappa shape index (κ3) is 1.85. The molecule has 0 unspecified atom stereocenters. The van der Waals surface area contributed by atoms with Gasteiger partial charge in [0.2, 0.25) is 0 Å². The second-order valence-electron chi connectivity index (χ2n) is 2.49. The van der Waals surface area contributed by atoms with Crippen LogP contribution in [0.3, 0.4) is 0 Å². The largest absolute Gasteiger partial charge is 0.481 e. The van der Waals surface area contributed by atoms with E-state index in [0.717, 1.165) is 12.8 Å². The summed E-state index contributed by atoms with van der Waals surface area (Å²) >= 11 is 0. The van der Waals surface area contributed by atoms with Gasteiger partial charge in [-0.3, -0.25) is 4.79 Å². The molecule has 1 fully saturated rings. The minimum absolute atomic E-state index is 0. The molecule has 0 heterocycles. The summed E-state index contributed by atoms with van der Waals surface area (Å²) in [6, 6.07) is 0.450. The number of carboxylic acid groups (broad SMARTS) is 1. The second-order valence-corrected chi connectivity index (χ2v) is 2.49. The van der Waals surface area contributed by atoms with E-state index in [0.29, 0.717) is 6.04 Å². The van der Waals surface area contributed by atoms with Gasteiger partial charge in [0.1, 0.15) is 0 Å². The summed E-state index contributed by atoms with van der Waals surface area (Å²) in [5, 5.41) is 11.4. The number of hydrogen-bond donors (Lipinski definition) is 2. The molecule has 0 atom stereocenters. The lowest BCUT2D eigenvalue weighted by Gasteiger charge is -2.31. The fraction of sp³-hybridized carbons (Fsp3) is 0.833.